The number of carbonyl (C=O) groups excluding carboxylic acids is 1. The minimum absolute atomic E-state index is 0.404. The molecule has 0 saturated heterocycles. The highest BCUT2D eigenvalue weighted by molar-refractivity contribution is 7.14. The molecule has 0 saturated carbocycles. The number of hydrogen-bond donors (Lipinski definition) is 0. The maximum atomic E-state index is 11.6. The summed E-state index contributed by atoms with van der Waals surface area (Å²) in [6.45, 7) is 0. The molecule has 0 aliphatic rings. The van der Waals surface area contributed by atoms with Gasteiger partial charge in [0, 0.05) is 4.88 Å². The number of carbonyl (C=O) groups is 1. The molecule has 0 aliphatic carbocycles. The van der Waals surface area contributed by atoms with Gasteiger partial charge in [0.25, 0.3) is 0 Å². The van der Waals surface area contributed by atoms with Gasteiger partial charge in [-0.2, -0.15) is 0 Å². The Labute approximate surface area is 114 Å². The van der Waals surface area contributed by atoms with Gasteiger partial charge in [0.1, 0.15) is 11.3 Å². The summed E-state index contributed by atoms with van der Waals surface area (Å²) in [6, 6.07) is 10.7. The van der Waals surface area contributed by atoms with Crippen molar-refractivity contribution >= 4 is 28.9 Å². The van der Waals surface area contributed by atoms with Crippen LogP contribution >= 0.6 is 22.9 Å². The van der Waals surface area contributed by atoms with Crippen LogP contribution in [-0.4, -0.2) is 13.1 Å². The third kappa shape index (κ3) is 2.83. The Bertz CT molecular complexity index is 551. The van der Waals surface area contributed by atoms with Crippen LogP contribution in [0.4, 0.5) is 0 Å². The van der Waals surface area contributed by atoms with Crippen LogP contribution in [0.5, 0.6) is 10.8 Å². The number of alkyl halides is 1. The largest absolute Gasteiger partial charge is 0.465 e. The topological polar surface area (TPSA) is 35.5 Å². The molecule has 0 unspecified atom stereocenters. The van der Waals surface area contributed by atoms with Gasteiger partial charge in [-0.15, -0.1) is 22.9 Å². The molecule has 0 fully saturated rings. The Morgan fingerprint density at radius 1 is 1.28 bits per heavy atom. The zero-order chi connectivity index (χ0) is 13.0. The molecular weight excluding hydrogens is 272 g/mol. The van der Waals surface area contributed by atoms with E-state index >= 15 is 0 Å². The van der Waals surface area contributed by atoms with Gasteiger partial charge in [-0.3, -0.25) is 0 Å². The predicted molar refractivity (Wildman–Crippen MR) is 71.7 cm³/mol. The average molecular weight is 283 g/mol. The highest BCUT2D eigenvalue weighted by Gasteiger charge is 2.13. The summed E-state index contributed by atoms with van der Waals surface area (Å²) < 4.78 is 10.4. The van der Waals surface area contributed by atoms with Gasteiger partial charge in [0.05, 0.1) is 13.0 Å². The Morgan fingerprint density at radius 2 is 2.06 bits per heavy atom. The van der Waals surface area contributed by atoms with Crippen molar-refractivity contribution in [3.8, 4) is 10.8 Å². The molecule has 94 valence electrons. The normalized spacial score (nSPS) is 10.1. The van der Waals surface area contributed by atoms with Crippen molar-refractivity contribution < 1.29 is 14.3 Å². The van der Waals surface area contributed by atoms with Crippen molar-refractivity contribution in [3.63, 3.8) is 0 Å². The number of esters is 1. The molecule has 0 spiro atoms. The fraction of sp³-hybridized carbons (Fsp3) is 0.154. The van der Waals surface area contributed by atoms with E-state index in [-0.39, 0.29) is 0 Å². The van der Waals surface area contributed by atoms with Crippen LogP contribution in [0.3, 0.4) is 0 Å². The van der Waals surface area contributed by atoms with Gasteiger partial charge in [-0.05, 0) is 24.3 Å². The van der Waals surface area contributed by atoms with Crippen molar-refractivity contribution in [3.05, 3.63) is 46.8 Å². The maximum Gasteiger partial charge on any atom is 0.341 e. The lowest BCUT2D eigenvalue weighted by molar-refractivity contribution is 0.0598. The van der Waals surface area contributed by atoms with E-state index in [9.17, 15) is 4.79 Å². The first-order valence-electron chi connectivity index (χ1n) is 5.24. The van der Waals surface area contributed by atoms with Crippen molar-refractivity contribution in [2.24, 2.45) is 0 Å². The second-order valence-electron chi connectivity index (χ2n) is 3.44. The van der Waals surface area contributed by atoms with Crippen LogP contribution in [0.1, 0.15) is 15.2 Å². The van der Waals surface area contributed by atoms with Gasteiger partial charge in [-0.25, -0.2) is 4.79 Å². The van der Waals surface area contributed by atoms with Crippen LogP contribution in [0, 0.1) is 0 Å². The molecule has 0 radical (unpaired) electrons. The number of methoxy groups -OCH3 is 1. The van der Waals surface area contributed by atoms with Crippen molar-refractivity contribution in [2.45, 2.75) is 5.88 Å². The Morgan fingerprint density at radius 3 is 2.72 bits per heavy atom. The number of benzene rings is 1. The van der Waals surface area contributed by atoms with Crippen LogP contribution in [-0.2, 0) is 10.6 Å². The molecule has 0 atom stereocenters. The van der Waals surface area contributed by atoms with Crippen LogP contribution in [0.2, 0.25) is 0 Å². The monoisotopic (exact) mass is 282 g/mol. The summed E-state index contributed by atoms with van der Waals surface area (Å²) in [4.78, 5) is 12.6. The lowest BCUT2D eigenvalue weighted by atomic mass is 10.2. The average Bonchev–Trinajstić information content (AvgIpc) is 2.86. The summed E-state index contributed by atoms with van der Waals surface area (Å²) in [5, 5.41) is 0.696. The Balaban J connectivity index is 2.25. The number of thiophene rings is 1. The molecular formula is C13H11ClO3S. The summed E-state index contributed by atoms with van der Waals surface area (Å²) in [6.07, 6.45) is 0. The number of halogens is 1. The standard InChI is InChI=1S/C13H11ClO3S/c1-16-13(15)10-4-2-3-5-11(10)17-12-7-6-9(8-14)18-12/h2-7H,8H2,1H3. The minimum Gasteiger partial charge on any atom is -0.465 e. The third-order valence-electron chi connectivity index (χ3n) is 2.27. The van der Waals surface area contributed by atoms with Gasteiger partial charge in [0.2, 0.25) is 0 Å². The second-order valence-corrected chi connectivity index (χ2v) is 4.84. The lowest BCUT2D eigenvalue weighted by Crippen LogP contribution is -2.02. The van der Waals surface area contributed by atoms with E-state index in [0.29, 0.717) is 22.3 Å². The molecule has 0 amide bonds. The summed E-state index contributed by atoms with van der Waals surface area (Å²) in [5.74, 6) is 0.513. The van der Waals surface area contributed by atoms with Crippen LogP contribution in [0.25, 0.3) is 0 Å². The number of rotatable bonds is 4. The van der Waals surface area contributed by atoms with Gasteiger partial charge in [0.15, 0.2) is 5.06 Å². The zero-order valence-corrected chi connectivity index (χ0v) is 11.3. The zero-order valence-electron chi connectivity index (χ0n) is 9.68. The van der Waals surface area contributed by atoms with E-state index in [0.717, 1.165) is 4.88 Å². The number of hydrogen-bond acceptors (Lipinski definition) is 4. The summed E-state index contributed by atoms with van der Waals surface area (Å²) in [5.41, 5.74) is 0.404. The Hall–Kier alpha value is -1.52. The number of para-hydroxylation sites is 1. The number of ether oxygens (including phenoxy) is 2. The van der Waals surface area contributed by atoms with E-state index in [4.69, 9.17) is 21.1 Å². The molecule has 2 rings (SSSR count). The smallest absolute Gasteiger partial charge is 0.341 e. The highest BCUT2D eigenvalue weighted by atomic mass is 35.5. The second kappa shape index (κ2) is 5.89. The Kier molecular flexibility index (Phi) is 4.23. The van der Waals surface area contributed by atoms with Crippen molar-refractivity contribution in [2.75, 3.05) is 7.11 Å². The van der Waals surface area contributed by atoms with Crippen LogP contribution in [0.15, 0.2) is 36.4 Å². The predicted octanol–water partition coefficient (Wildman–Crippen LogP) is 4.07. The quantitative estimate of drug-likeness (QED) is 0.626. The first-order chi connectivity index (χ1) is 8.74. The lowest BCUT2D eigenvalue weighted by Gasteiger charge is -2.07. The molecule has 0 N–H and O–H groups in total. The summed E-state index contributed by atoms with van der Waals surface area (Å²) >= 11 is 7.18. The van der Waals surface area contributed by atoms with Crippen LogP contribution < -0.4 is 4.74 Å². The van der Waals surface area contributed by atoms with Gasteiger partial charge in [-0.1, -0.05) is 12.1 Å². The fourth-order valence-electron chi connectivity index (χ4n) is 1.43. The van der Waals surface area contributed by atoms with Gasteiger partial charge < -0.3 is 9.47 Å². The first kappa shape index (κ1) is 12.9. The highest BCUT2D eigenvalue weighted by Crippen LogP contribution is 2.32. The molecule has 5 heteroatoms. The SMILES string of the molecule is COC(=O)c1ccccc1Oc1ccc(CCl)s1. The molecule has 2 aromatic rings. The molecule has 18 heavy (non-hydrogen) atoms. The summed E-state index contributed by atoms with van der Waals surface area (Å²) in [7, 11) is 1.34. The third-order valence-corrected chi connectivity index (χ3v) is 3.68. The minimum atomic E-state index is -0.417. The molecule has 0 aliphatic heterocycles. The van der Waals surface area contributed by atoms with E-state index in [1.165, 1.54) is 18.4 Å². The van der Waals surface area contributed by atoms with E-state index < -0.39 is 5.97 Å². The maximum absolute atomic E-state index is 11.6. The van der Waals surface area contributed by atoms with Gasteiger partial charge >= 0.3 is 5.97 Å². The van der Waals surface area contributed by atoms with E-state index in [1.807, 2.05) is 12.1 Å². The van der Waals surface area contributed by atoms with E-state index in [2.05, 4.69) is 0 Å². The molecule has 0 bridgehead atoms. The fourth-order valence-corrected chi connectivity index (χ4v) is 2.40. The molecule has 3 nitrogen and oxygen atoms in total. The van der Waals surface area contributed by atoms with Crippen molar-refractivity contribution in [1.82, 2.24) is 0 Å². The first-order valence-corrected chi connectivity index (χ1v) is 6.59. The van der Waals surface area contributed by atoms with E-state index in [1.54, 1.807) is 24.3 Å². The molecule has 1 aromatic carbocycles. The molecule has 1 heterocycles. The molecule has 1 aromatic heterocycles. The van der Waals surface area contributed by atoms with Crippen molar-refractivity contribution in [1.29, 1.82) is 0 Å².